The third-order valence-electron chi connectivity index (χ3n) is 2.30. The zero-order valence-corrected chi connectivity index (χ0v) is 10.1. The van der Waals surface area contributed by atoms with Crippen LogP contribution in [-0.2, 0) is 6.42 Å². The fraction of sp³-hybridized carbons (Fsp3) is 0.500. The van der Waals surface area contributed by atoms with Crippen LogP contribution < -0.4 is 10.1 Å². The van der Waals surface area contributed by atoms with E-state index in [1.807, 2.05) is 6.07 Å². The SMILES string of the molecule is CCc1ccc(OC)c(NCCCCl)c1. The van der Waals surface area contributed by atoms with Crippen LogP contribution in [0.4, 0.5) is 5.69 Å². The van der Waals surface area contributed by atoms with Gasteiger partial charge in [-0.1, -0.05) is 13.0 Å². The Morgan fingerprint density at radius 2 is 2.20 bits per heavy atom. The number of hydrogen-bond acceptors (Lipinski definition) is 2. The molecule has 84 valence electrons. The molecule has 0 saturated heterocycles. The van der Waals surface area contributed by atoms with Crippen LogP contribution in [0.3, 0.4) is 0 Å². The summed E-state index contributed by atoms with van der Waals surface area (Å²) < 4.78 is 5.28. The molecule has 0 heterocycles. The normalized spacial score (nSPS) is 10.1. The number of hydrogen-bond donors (Lipinski definition) is 1. The Kier molecular flexibility index (Phi) is 5.33. The van der Waals surface area contributed by atoms with E-state index in [-0.39, 0.29) is 0 Å². The first-order chi connectivity index (χ1) is 7.31. The van der Waals surface area contributed by atoms with Gasteiger partial charge in [-0.2, -0.15) is 0 Å². The molecule has 0 saturated carbocycles. The van der Waals surface area contributed by atoms with Crippen molar-refractivity contribution in [2.75, 3.05) is 24.9 Å². The summed E-state index contributed by atoms with van der Waals surface area (Å²) >= 11 is 5.63. The van der Waals surface area contributed by atoms with E-state index in [0.29, 0.717) is 5.88 Å². The maximum atomic E-state index is 5.63. The number of rotatable bonds is 6. The Labute approximate surface area is 96.6 Å². The lowest BCUT2D eigenvalue weighted by atomic mass is 10.1. The van der Waals surface area contributed by atoms with Gasteiger partial charge in [0.15, 0.2) is 0 Å². The van der Waals surface area contributed by atoms with Gasteiger partial charge < -0.3 is 10.1 Å². The quantitative estimate of drug-likeness (QED) is 0.595. The third kappa shape index (κ3) is 3.63. The molecule has 0 unspecified atom stereocenters. The van der Waals surface area contributed by atoms with Crippen LogP contribution in [0.25, 0.3) is 0 Å². The Morgan fingerprint density at radius 3 is 2.80 bits per heavy atom. The van der Waals surface area contributed by atoms with Gasteiger partial charge in [0.05, 0.1) is 12.8 Å². The van der Waals surface area contributed by atoms with Gasteiger partial charge >= 0.3 is 0 Å². The smallest absolute Gasteiger partial charge is 0.141 e. The highest BCUT2D eigenvalue weighted by molar-refractivity contribution is 6.17. The molecule has 15 heavy (non-hydrogen) atoms. The van der Waals surface area contributed by atoms with Crippen molar-refractivity contribution >= 4 is 17.3 Å². The molecule has 0 fully saturated rings. The van der Waals surface area contributed by atoms with E-state index < -0.39 is 0 Å². The Bertz CT molecular complexity index is 302. The number of anilines is 1. The Balaban J connectivity index is 2.72. The molecule has 0 radical (unpaired) electrons. The molecule has 1 aromatic rings. The minimum absolute atomic E-state index is 0.683. The molecule has 2 nitrogen and oxygen atoms in total. The summed E-state index contributed by atoms with van der Waals surface area (Å²) in [5.74, 6) is 1.57. The van der Waals surface area contributed by atoms with Crippen molar-refractivity contribution in [1.82, 2.24) is 0 Å². The van der Waals surface area contributed by atoms with Crippen LogP contribution in [0, 0.1) is 0 Å². The maximum Gasteiger partial charge on any atom is 0.141 e. The monoisotopic (exact) mass is 227 g/mol. The van der Waals surface area contributed by atoms with Crippen molar-refractivity contribution < 1.29 is 4.74 Å². The predicted octanol–water partition coefficient (Wildman–Crippen LogP) is 3.30. The first-order valence-corrected chi connectivity index (χ1v) is 5.82. The number of aryl methyl sites for hydroxylation is 1. The van der Waals surface area contributed by atoms with Gasteiger partial charge in [0.2, 0.25) is 0 Å². The van der Waals surface area contributed by atoms with E-state index in [0.717, 1.165) is 30.8 Å². The topological polar surface area (TPSA) is 21.3 Å². The highest BCUT2D eigenvalue weighted by atomic mass is 35.5. The zero-order valence-electron chi connectivity index (χ0n) is 9.35. The summed E-state index contributed by atoms with van der Waals surface area (Å²) in [7, 11) is 1.69. The summed E-state index contributed by atoms with van der Waals surface area (Å²) in [5, 5.41) is 3.33. The van der Waals surface area contributed by atoms with Gasteiger partial charge in [-0.25, -0.2) is 0 Å². The molecule has 1 aromatic carbocycles. The van der Waals surface area contributed by atoms with Crippen molar-refractivity contribution in [2.45, 2.75) is 19.8 Å². The number of halogens is 1. The third-order valence-corrected chi connectivity index (χ3v) is 2.57. The second kappa shape index (κ2) is 6.57. The molecule has 0 atom stereocenters. The van der Waals surface area contributed by atoms with Crippen LogP contribution in [0.2, 0.25) is 0 Å². The van der Waals surface area contributed by atoms with Gasteiger partial charge in [0.25, 0.3) is 0 Å². The van der Waals surface area contributed by atoms with Gasteiger partial charge in [-0.15, -0.1) is 11.6 Å². The maximum absolute atomic E-state index is 5.63. The second-order valence-corrected chi connectivity index (χ2v) is 3.74. The van der Waals surface area contributed by atoms with Gasteiger partial charge in [-0.05, 0) is 30.5 Å². The number of methoxy groups -OCH3 is 1. The molecular weight excluding hydrogens is 210 g/mol. The first kappa shape index (κ1) is 12.2. The lowest BCUT2D eigenvalue weighted by molar-refractivity contribution is 0.416. The second-order valence-electron chi connectivity index (χ2n) is 3.36. The molecule has 0 aliphatic carbocycles. The Hall–Kier alpha value is -0.890. The molecule has 1 N–H and O–H groups in total. The molecule has 0 aliphatic rings. The van der Waals surface area contributed by atoms with Crippen LogP contribution in [0.1, 0.15) is 18.9 Å². The average Bonchev–Trinajstić information content (AvgIpc) is 2.29. The highest BCUT2D eigenvalue weighted by Crippen LogP contribution is 2.25. The average molecular weight is 228 g/mol. The molecule has 0 aliphatic heterocycles. The van der Waals surface area contributed by atoms with E-state index in [1.54, 1.807) is 7.11 Å². The lowest BCUT2D eigenvalue weighted by Gasteiger charge is -2.11. The van der Waals surface area contributed by atoms with Crippen molar-refractivity contribution in [2.24, 2.45) is 0 Å². The van der Waals surface area contributed by atoms with E-state index in [4.69, 9.17) is 16.3 Å². The summed E-state index contributed by atoms with van der Waals surface area (Å²) in [4.78, 5) is 0. The van der Waals surface area contributed by atoms with E-state index >= 15 is 0 Å². The molecule has 0 aromatic heterocycles. The molecule has 0 spiro atoms. The summed E-state index contributed by atoms with van der Waals surface area (Å²) in [5.41, 5.74) is 2.37. The fourth-order valence-electron chi connectivity index (χ4n) is 1.40. The minimum atomic E-state index is 0.683. The lowest BCUT2D eigenvalue weighted by Crippen LogP contribution is -2.04. The van der Waals surface area contributed by atoms with Crippen LogP contribution in [0.5, 0.6) is 5.75 Å². The van der Waals surface area contributed by atoms with Crippen molar-refractivity contribution in [1.29, 1.82) is 0 Å². The standard InChI is InChI=1S/C12H18ClNO/c1-3-10-5-6-12(15-2)11(9-10)14-8-4-7-13/h5-6,9,14H,3-4,7-8H2,1-2H3. The number of benzene rings is 1. The summed E-state index contributed by atoms with van der Waals surface area (Å²) in [6.07, 6.45) is 2.00. The Morgan fingerprint density at radius 1 is 1.40 bits per heavy atom. The molecular formula is C12H18ClNO. The minimum Gasteiger partial charge on any atom is -0.495 e. The van der Waals surface area contributed by atoms with Crippen LogP contribution in [0.15, 0.2) is 18.2 Å². The first-order valence-electron chi connectivity index (χ1n) is 5.28. The largest absolute Gasteiger partial charge is 0.495 e. The van der Waals surface area contributed by atoms with Crippen LogP contribution in [-0.4, -0.2) is 19.5 Å². The van der Waals surface area contributed by atoms with E-state index in [1.165, 1.54) is 5.56 Å². The van der Waals surface area contributed by atoms with Crippen LogP contribution >= 0.6 is 11.6 Å². The number of nitrogens with one attached hydrogen (secondary N) is 1. The number of alkyl halides is 1. The predicted molar refractivity (Wildman–Crippen MR) is 66.2 cm³/mol. The van der Waals surface area contributed by atoms with Crippen molar-refractivity contribution in [3.63, 3.8) is 0 Å². The molecule has 0 bridgehead atoms. The molecule has 3 heteroatoms. The van der Waals surface area contributed by atoms with Gasteiger partial charge in [0, 0.05) is 12.4 Å². The van der Waals surface area contributed by atoms with E-state index in [9.17, 15) is 0 Å². The van der Waals surface area contributed by atoms with E-state index in [2.05, 4.69) is 24.4 Å². The summed E-state index contributed by atoms with van der Waals surface area (Å²) in [6, 6.07) is 6.22. The summed E-state index contributed by atoms with van der Waals surface area (Å²) in [6.45, 7) is 3.03. The fourth-order valence-corrected chi connectivity index (χ4v) is 1.54. The molecule has 1 rings (SSSR count). The highest BCUT2D eigenvalue weighted by Gasteiger charge is 2.02. The van der Waals surface area contributed by atoms with Crippen molar-refractivity contribution in [3.05, 3.63) is 23.8 Å². The number of ether oxygens (including phenoxy) is 1. The molecule has 0 amide bonds. The van der Waals surface area contributed by atoms with Gasteiger partial charge in [-0.3, -0.25) is 0 Å². The van der Waals surface area contributed by atoms with Crippen molar-refractivity contribution in [3.8, 4) is 5.75 Å². The zero-order chi connectivity index (χ0) is 11.1. The van der Waals surface area contributed by atoms with Gasteiger partial charge in [0.1, 0.15) is 5.75 Å².